The molecule has 156 valence electrons. The molecule has 0 unspecified atom stereocenters. The Morgan fingerprint density at radius 3 is 2.70 bits per heavy atom. The third-order valence-corrected chi connectivity index (χ3v) is 6.43. The van der Waals surface area contributed by atoms with E-state index in [9.17, 15) is 9.59 Å². The Kier molecular flexibility index (Phi) is 6.04. The predicted octanol–water partition coefficient (Wildman–Crippen LogP) is 3.90. The van der Waals surface area contributed by atoms with Crippen LogP contribution in [-0.4, -0.2) is 55.4 Å². The Morgan fingerprint density at radius 1 is 1.20 bits per heavy atom. The molecule has 2 amide bonds. The van der Waals surface area contributed by atoms with Crippen LogP contribution in [0, 0.1) is 5.92 Å². The molecule has 2 aromatic carbocycles. The molecular weight excluding hydrogens is 420 g/mol. The summed E-state index contributed by atoms with van der Waals surface area (Å²) < 4.78 is 0.938. The van der Waals surface area contributed by atoms with Crippen molar-refractivity contribution >= 4 is 55.8 Å². The Morgan fingerprint density at radius 2 is 1.97 bits per heavy atom. The monoisotopic (exact) mass is 442 g/mol. The van der Waals surface area contributed by atoms with Gasteiger partial charge in [-0.25, -0.2) is 4.98 Å². The van der Waals surface area contributed by atoms with Gasteiger partial charge >= 0.3 is 0 Å². The molecule has 2 heterocycles. The van der Waals surface area contributed by atoms with E-state index in [1.165, 1.54) is 11.3 Å². The molecule has 1 aromatic heterocycles. The molecule has 1 fully saturated rings. The van der Waals surface area contributed by atoms with Crippen molar-refractivity contribution in [3.05, 3.63) is 53.6 Å². The summed E-state index contributed by atoms with van der Waals surface area (Å²) in [7, 11) is 3.94. The first-order chi connectivity index (χ1) is 14.4. The van der Waals surface area contributed by atoms with Crippen molar-refractivity contribution in [2.75, 3.05) is 43.5 Å². The highest BCUT2D eigenvalue weighted by molar-refractivity contribution is 7.22. The fourth-order valence-corrected chi connectivity index (χ4v) is 4.83. The SMILES string of the molecule is CN(C)CCN(C(=O)[C@H]1CC(=O)N(c2ccccc2)C1)c1nc2ccc(Cl)cc2s1. The Bertz CT molecular complexity index is 1070. The second kappa shape index (κ2) is 8.71. The van der Waals surface area contributed by atoms with Crippen molar-refractivity contribution in [2.24, 2.45) is 5.92 Å². The first-order valence-electron chi connectivity index (χ1n) is 9.80. The number of para-hydroxylation sites is 1. The van der Waals surface area contributed by atoms with Gasteiger partial charge in [0.1, 0.15) is 0 Å². The van der Waals surface area contributed by atoms with E-state index in [-0.39, 0.29) is 18.2 Å². The number of fused-ring (bicyclic) bond motifs is 1. The number of anilines is 2. The summed E-state index contributed by atoms with van der Waals surface area (Å²) in [5.74, 6) is -0.479. The first kappa shape index (κ1) is 20.8. The van der Waals surface area contributed by atoms with E-state index in [0.29, 0.717) is 29.8 Å². The molecule has 0 spiro atoms. The van der Waals surface area contributed by atoms with E-state index >= 15 is 0 Å². The van der Waals surface area contributed by atoms with Gasteiger partial charge in [0.15, 0.2) is 5.13 Å². The van der Waals surface area contributed by atoms with Gasteiger partial charge in [0, 0.05) is 36.8 Å². The minimum absolute atomic E-state index is 0.0248. The summed E-state index contributed by atoms with van der Waals surface area (Å²) >= 11 is 7.56. The number of hydrogen-bond acceptors (Lipinski definition) is 5. The number of nitrogens with zero attached hydrogens (tertiary/aromatic N) is 4. The fraction of sp³-hybridized carbons (Fsp3) is 0.318. The van der Waals surface area contributed by atoms with E-state index in [4.69, 9.17) is 11.6 Å². The van der Waals surface area contributed by atoms with Crippen LogP contribution in [0.4, 0.5) is 10.8 Å². The number of amides is 2. The maximum Gasteiger partial charge on any atom is 0.234 e. The number of benzene rings is 2. The van der Waals surface area contributed by atoms with Gasteiger partial charge in [-0.1, -0.05) is 41.1 Å². The molecule has 3 aromatic rings. The van der Waals surface area contributed by atoms with Crippen molar-refractivity contribution in [2.45, 2.75) is 6.42 Å². The van der Waals surface area contributed by atoms with Gasteiger partial charge in [0.2, 0.25) is 11.8 Å². The number of carbonyl (C=O) groups is 2. The third-order valence-electron chi connectivity index (χ3n) is 5.15. The van der Waals surface area contributed by atoms with Gasteiger partial charge in [-0.15, -0.1) is 0 Å². The highest BCUT2D eigenvalue weighted by atomic mass is 35.5. The average molecular weight is 443 g/mol. The largest absolute Gasteiger partial charge is 0.312 e. The number of thiazole rings is 1. The summed E-state index contributed by atoms with van der Waals surface area (Å²) in [5, 5.41) is 1.29. The zero-order valence-electron chi connectivity index (χ0n) is 16.9. The van der Waals surface area contributed by atoms with Crippen LogP contribution in [0.3, 0.4) is 0 Å². The van der Waals surface area contributed by atoms with E-state index in [1.807, 2.05) is 61.5 Å². The number of rotatable bonds is 6. The van der Waals surface area contributed by atoms with E-state index < -0.39 is 5.92 Å². The van der Waals surface area contributed by atoms with Crippen LogP contribution < -0.4 is 9.80 Å². The third kappa shape index (κ3) is 4.33. The van der Waals surface area contributed by atoms with Crippen LogP contribution in [0.25, 0.3) is 10.2 Å². The average Bonchev–Trinajstić information content (AvgIpc) is 3.31. The molecule has 0 aliphatic carbocycles. The Labute approximate surface area is 184 Å². The van der Waals surface area contributed by atoms with Crippen LogP contribution in [0.5, 0.6) is 0 Å². The van der Waals surface area contributed by atoms with Crippen LogP contribution in [-0.2, 0) is 9.59 Å². The minimum Gasteiger partial charge on any atom is -0.312 e. The molecule has 4 rings (SSSR count). The second-order valence-corrected chi connectivity index (χ2v) is 9.09. The van der Waals surface area contributed by atoms with Crippen molar-refractivity contribution < 1.29 is 9.59 Å². The molecule has 0 radical (unpaired) electrons. The first-order valence-corrected chi connectivity index (χ1v) is 11.0. The van der Waals surface area contributed by atoms with Gasteiger partial charge in [0.25, 0.3) is 0 Å². The second-order valence-electron chi connectivity index (χ2n) is 7.64. The zero-order valence-corrected chi connectivity index (χ0v) is 18.5. The lowest BCUT2D eigenvalue weighted by molar-refractivity contribution is -0.124. The molecule has 1 aliphatic rings. The topological polar surface area (TPSA) is 56.8 Å². The zero-order chi connectivity index (χ0) is 21.3. The molecule has 0 saturated carbocycles. The quantitative estimate of drug-likeness (QED) is 0.581. The van der Waals surface area contributed by atoms with Crippen molar-refractivity contribution in [1.82, 2.24) is 9.88 Å². The lowest BCUT2D eigenvalue weighted by Crippen LogP contribution is -2.41. The smallest absolute Gasteiger partial charge is 0.234 e. The molecule has 0 N–H and O–H groups in total. The Hall–Kier alpha value is -2.48. The van der Waals surface area contributed by atoms with Crippen LogP contribution in [0.1, 0.15) is 6.42 Å². The molecule has 8 heteroatoms. The van der Waals surface area contributed by atoms with E-state index in [2.05, 4.69) is 4.98 Å². The van der Waals surface area contributed by atoms with Gasteiger partial charge < -0.3 is 9.80 Å². The molecule has 1 atom stereocenters. The lowest BCUT2D eigenvalue weighted by atomic mass is 10.1. The fourth-order valence-electron chi connectivity index (χ4n) is 3.55. The molecule has 0 bridgehead atoms. The Balaban J connectivity index is 1.60. The van der Waals surface area contributed by atoms with E-state index in [1.54, 1.807) is 15.9 Å². The van der Waals surface area contributed by atoms with Crippen LogP contribution in [0.2, 0.25) is 5.02 Å². The van der Waals surface area contributed by atoms with Gasteiger partial charge in [-0.05, 0) is 44.4 Å². The maximum absolute atomic E-state index is 13.5. The maximum atomic E-state index is 13.5. The van der Waals surface area contributed by atoms with Crippen LogP contribution >= 0.6 is 22.9 Å². The molecule has 30 heavy (non-hydrogen) atoms. The lowest BCUT2D eigenvalue weighted by Gasteiger charge is -2.24. The number of halogens is 1. The number of carbonyl (C=O) groups excluding carboxylic acids is 2. The van der Waals surface area contributed by atoms with Crippen molar-refractivity contribution in [3.8, 4) is 0 Å². The number of hydrogen-bond donors (Lipinski definition) is 0. The van der Waals surface area contributed by atoms with Gasteiger partial charge in [0.05, 0.1) is 16.1 Å². The normalized spacial score (nSPS) is 16.6. The summed E-state index contributed by atoms with van der Waals surface area (Å²) in [6.45, 7) is 1.60. The highest BCUT2D eigenvalue weighted by Gasteiger charge is 2.38. The highest BCUT2D eigenvalue weighted by Crippen LogP contribution is 2.33. The molecular formula is C22H23ClN4O2S. The van der Waals surface area contributed by atoms with E-state index in [0.717, 1.165) is 15.9 Å². The predicted molar refractivity (Wildman–Crippen MR) is 122 cm³/mol. The number of likely N-dealkylation sites (N-methyl/N-ethyl adjacent to an activating group) is 1. The summed E-state index contributed by atoms with van der Waals surface area (Å²) in [6, 6.07) is 15.0. The van der Waals surface area contributed by atoms with Crippen molar-refractivity contribution in [3.63, 3.8) is 0 Å². The summed E-state index contributed by atoms with van der Waals surface area (Å²) in [5.41, 5.74) is 1.64. The minimum atomic E-state index is -0.393. The van der Waals surface area contributed by atoms with Gasteiger partial charge in [-0.2, -0.15) is 0 Å². The van der Waals surface area contributed by atoms with Crippen LogP contribution in [0.15, 0.2) is 48.5 Å². The standard InChI is InChI=1S/C22H23ClN4O2S/c1-25(2)10-11-26(22-24-18-9-8-16(23)13-19(18)30-22)21(29)15-12-20(28)27(14-15)17-6-4-3-5-7-17/h3-9,13,15H,10-12,14H2,1-2H3/t15-/m0/s1. The number of aromatic nitrogens is 1. The van der Waals surface area contributed by atoms with Crippen molar-refractivity contribution in [1.29, 1.82) is 0 Å². The molecule has 1 aliphatic heterocycles. The molecule has 1 saturated heterocycles. The summed E-state index contributed by atoms with van der Waals surface area (Å²) in [4.78, 5) is 36.2. The molecule has 6 nitrogen and oxygen atoms in total. The van der Waals surface area contributed by atoms with Gasteiger partial charge in [-0.3, -0.25) is 14.5 Å². The summed E-state index contributed by atoms with van der Waals surface area (Å²) in [6.07, 6.45) is 0.211.